The molecule has 2 aliphatic heterocycles. The molecule has 0 aromatic carbocycles. The molecule has 3 atom stereocenters. The van der Waals surface area contributed by atoms with Crippen LogP contribution in [0, 0.1) is 6.92 Å². The van der Waals surface area contributed by atoms with E-state index in [0.29, 0.717) is 23.6 Å². The van der Waals surface area contributed by atoms with Gasteiger partial charge in [-0.1, -0.05) is 11.2 Å². The first-order valence-electron chi connectivity index (χ1n) is 8.38. The number of rotatable bonds is 4. The van der Waals surface area contributed by atoms with Crippen LogP contribution in [0.15, 0.2) is 22.9 Å². The monoisotopic (exact) mass is 330 g/mol. The van der Waals surface area contributed by atoms with Gasteiger partial charge in [-0.25, -0.2) is 4.98 Å². The zero-order chi connectivity index (χ0) is 16.5. The molecular weight excluding hydrogens is 308 g/mol. The Morgan fingerprint density at radius 3 is 3.12 bits per heavy atom. The Hall–Kier alpha value is -1.99. The molecule has 0 unspecified atom stereocenters. The summed E-state index contributed by atoms with van der Waals surface area (Å²) in [5.74, 6) is 2.28. The largest absolute Gasteiger partial charge is 0.481 e. The molecule has 0 bridgehead atoms. The highest BCUT2D eigenvalue weighted by Gasteiger charge is 2.42. The second-order valence-electron chi connectivity index (χ2n) is 6.48. The van der Waals surface area contributed by atoms with Crippen molar-refractivity contribution in [2.45, 2.75) is 44.4 Å². The Morgan fingerprint density at radius 1 is 1.42 bits per heavy atom. The first-order valence-corrected chi connectivity index (χ1v) is 8.38. The van der Waals surface area contributed by atoms with E-state index in [1.54, 1.807) is 13.3 Å². The van der Waals surface area contributed by atoms with Crippen LogP contribution in [0.1, 0.15) is 36.0 Å². The number of aromatic nitrogens is 3. The summed E-state index contributed by atoms with van der Waals surface area (Å²) in [5, 5.41) is 3.94. The van der Waals surface area contributed by atoms with Gasteiger partial charge in [-0.15, -0.1) is 0 Å². The molecule has 0 spiro atoms. The first-order chi connectivity index (χ1) is 11.7. The van der Waals surface area contributed by atoms with Crippen LogP contribution in [0.5, 0.6) is 5.88 Å². The van der Waals surface area contributed by atoms with E-state index >= 15 is 0 Å². The van der Waals surface area contributed by atoms with Gasteiger partial charge in [0.15, 0.2) is 5.82 Å². The molecule has 128 valence electrons. The summed E-state index contributed by atoms with van der Waals surface area (Å²) in [7, 11) is 1.66. The number of hydrogen-bond acceptors (Lipinski definition) is 7. The molecule has 4 heterocycles. The number of nitrogens with zero attached hydrogens (tertiary/aromatic N) is 4. The Labute approximate surface area is 141 Å². The zero-order valence-corrected chi connectivity index (χ0v) is 14.0. The Kier molecular flexibility index (Phi) is 4.20. The zero-order valence-electron chi connectivity index (χ0n) is 14.0. The maximum atomic E-state index is 5.96. The van der Waals surface area contributed by atoms with Gasteiger partial charge in [-0.05, 0) is 25.8 Å². The van der Waals surface area contributed by atoms with E-state index in [1.165, 1.54) is 0 Å². The smallest absolute Gasteiger partial charge is 0.231 e. The first kappa shape index (κ1) is 15.5. The quantitative estimate of drug-likeness (QED) is 0.848. The number of likely N-dealkylation sites (tertiary alicyclic amines) is 1. The van der Waals surface area contributed by atoms with E-state index in [9.17, 15) is 0 Å². The third-order valence-corrected chi connectivity index (χ3v) is 4.92. The van der Waals surface area contributed by atoms with Gasteiger partial charge < -0.3 is 14.0 Å². The highest BCUT2D eigenvalue weighted by Crippen LogP contribution is 2.37. The number of fused-ring (bicyclic) bond motifs is 1. The van der Waals surface area contributed by atoms with E-state index in [2.05, 4.69) is 26.1 Å². The lowest BCUT2D eigenvalue weighted by atomic mass is 9.89. The molecule has 2 aromatic heterocycles. The molecule has 0 radical (unpaired) electrons. The number of hydrogen-bond donors (Lipinski definition) is 0. The average Bonchev–Trinajstić information content (AvgIpc) is 3.24. The van der Waals surface area contributed by atoms with E-state index in [4.69, 9.17) is 14.0 Å². The van der Waals surface area contributed by atoms with Gasteiger partial charge in [0.1, 0.15) is 0 Å². The van der Waals surface area contributed by atoms with Crippen molar-refractivity contribution in [1.29, 1.82) is 0 Å². The van der Waals surface area contributed by atoms with Crippen LogP contribution in [0.2, 0.25) is 0 Å². The number of piperidine rings is 1. The maximum absolute atomic E-state index is 5.96. The summed E-state index contributed by atoms with van der Waals surface area (Å²) >= 11 is 0. The van der Waals surface area contributed by atoms with Crippen LogP contribution < -0.4 is 4.74 Å². The standard InChI is InChI=1S/C17H22N4O3/c1-11-19-17(24-20-11)13-8-15-14(5-7-23-15)21(10-13)9-12-4-3-6-18-16(12)22-2/h3-4,6,13-15H,5,7-10H2,1-2H3/t13-,14+,15+/m1/s1. The Balaban J connectivity index is 1.57. The SMILES string of the molecule is COc1ncccc1CN1C[C@H](c2nc(C)no2)C[C@@H]2OCC[C@@H]21. The predicted octanol–water partition coefficient (Wildman–Crippen LogP) is 1.93. The van der Waals surface area contributed by atoms with Gasteiger partial charge in [0.05, 0.1) is 19.1 Å². The molecule has 2 fully saturated rings. The summed E-state index contributed by atoms with van der Waals surface area (Å²) in [5.41, 5.74) is 1.09. The average molecular weight is 330 g/mol. The second-order valence-corrected chi connectivity index (χ2v) is 6.48. The highest BCUT2D eigenvalue weighted by molar-refractivity contribution is 5.25. The van der Waals surface area contributed by atoms with Crippen molar-refractivity contribution in [3.05, 3.63) is 35.6 Å². The lowest BCUT2D eigenvalue weighted by molar-refractivity contribution is 0.00816. The van der Waals surface area contributed by atoms with Crippen LogP contribution in [0.4, 0.5) is 0 Å². The van der Waals surface area contributed by atoms with Crippen molar-refractivity contribution in [2.75, 3.05) is 20.3 Å². The molecule has 7 nitrogen and oxygen atoms in total. The lowest BCUT2D eigenvalue weighted by Crippen LogP contribution is -2.48. The molecule has 2 aromatic rings. The third kappa shape index (κ3) is 2.89. The van der Waals surface area contributed by atoms with Crippen molar-refractivity contribution >= 4 is 0 Å². The Morgan fingerprint density at radius 2 is 2.33 bits per heavy atom. The van der Waals surface area contributed by atoms with Crippen LogP contribution >= 0.6 is 0 Å². The Bertz CT molecular complexity index is 705. The van der Waals surface area contributed by atoms with E-state index in [0.717, 1.165) is 38.1 Å². The van der Waals surface area contributed by atoms with Crippen molar-refractivity contribution in [3.63, 3.8) is 0 Å². The molecule has 0 saturated carbocycles. The normalized spacial score (nSPS) is 27.2. The lowest BCUT2D eigenvalue weighted by Gasteiger charge is -2.39. The fraction of sp³-hybridized carbons (Fsp3) is 0.588. The molecule has 0 N–H and O–H groups in total. The highest BCUT2D eigenvalue weighted by atomic mass is 16.5. The van der Waals surface area contributed by atoms with Crippen LogP contribution in [0.25, 0.3) is 0 Å². The van der Waals surface area contributed by atoms with Gasteiger partial charge in [0, 0.05) is 37.5 Å². The second kappa shape index (κ2) is 6.49. The molecule has 2 aliphatic rings. The molecule has 0 amide bonds. The van der Waals surface area contributed by atoms with Gasteiger partial charge >= 0.3 is 0 Å². The number of methoxy groups -OCH3 is 1. The summed E-state index contributed by atoms with van der Waals surface area (Å²) in [6.45, 7) is 4.32. The fourth-order valence-corrected chi connectivity index (χ4v) is 3.84. The van der Waals surface area contributed by atoms with Gasteiger partial charge in [-0.2, -0.15) is 4.98 Å². The van der Waals surface area contributed by atoms with Crippen LogP contribution in [-0.4, -0.2) is 52.4 Å². The van der Waals surface area contributed by atoms with Crippen molar-refractivity contribution in [1.82, 2.24) is 20.0 Å². The minimum atomic E-state index is 0.202. The van der Waals surface area contributed by atoms with Gasteiger partial charge in [-0.3, -0.25) is 4.90 Å². The third-order valence-electron chi connectivity index (χ3n) is 4.92. The minimum Gasteiger partial charge on any atom is -0.481 e. The maximum Gasteiger partial charge on any atom is 0.231 e. The fourth-order valence-electron chi connectivity index (χ4n) is 3.84. The topological polar surface area (TPSA) is 73.5 Å². The number of ether oxygens (including phenoxy) is 2. The van der Waals surface area contributed by atoms with Crippen LogP contribution in [0.3, 0.4) is 0 Å². The molecule has 7 heteroatoms. The predicted molar refractivity (Wildman–Crippen MR) is 85.7 cm³/mol. The van der Waals surface area contributed by atoms with E-state index in [1.807, 2.05) is 13.0 Å². The van der Waals surface area contributed by atoms with Crippen molar-refractivity contribution < 1.29 is 14.0 Å². The van der Waals surface area contributed by atoms with Gasteiger partial charge in [0.25, 0.3) is 0 Å². The molecular formula is C17H22N4O3. The minimum absolute atomic E-state index is 0.202. The van der Waals surface area contributed by atoms with Gasteiger partial charge in [0.2, 0.25) is 11.8 Å². The molecule has 24 heavy (non-hydrogen) atoms. The van der Waals surface area contributed by atoms with E-state index in [-0.39, 0.29) is 12.0 Å². The molecule has 0 aliphatic carbocycles. The summed E-state index contributed by atoms with van der Waals surface area (Å²) in [4.78, 5) is 11.2. The van der Waals surface area contributed by atoms with Crippen LogP contribution in [-0.2, 0) is 11.3 Å². The summed E-state index contributed by atoms with van der Waals surface area (Å²) < 4.78 is 16.8. The van der Waals surface area contributed by atoms with E-state index < -0.39 is 0 Å². The summed E-state index contributed by atoms with van der Waals surface area (Å²) in [6, 6.07) is 4.44. The summed E-state index contributed by atoms with van der Waals surface area (Å²) in [6.07, 6.45) is 3.97. The van der Waals surface area contributed by atoms with Crippen molar-refractivity contribution in [2.24, 2.45) is 0 Å². The molecule has 4 rings (SSSR count). The number of aryl methyl sites for hydroxylation is 1. The molecule has 2 saturated heterocycles. The van der Waals surface area contributed by atoms with Crippen molar-refractivity contribution in [3.8, 4) is 5.88 Å². The number of pyridine rings is 1.